The maximum atomic E-state index is 13.1. The molecule has 1 aliphatic heterocycles. The standard InChI is InChI=1S/C22H28FN3O3S/c1-22(2,3)29-21(28)26-11-9-17(10-12-26)25(4)20(27)18-14-24-19(30-18)13-15-5-7-16(23)8-6-15/h5-8,14,17H,9-13H2,1-4H3. The molecular formula is C22H28FN3O3S. The number of rotatable bonds is 4. The van der Waals surface area contributed by atoms with E-state index in [4.69, 9.17) is 4.74 Å². The smallest absolute Gasteiger partial charge is 0.410 e. The number of hydrogen-bond donors (Lipinski definition) is 0. The highest BCUT2D eigenvalue weighted by atomic mass is 32.1. The molecule has 3 rings (SSSR count). The molecule has 1 aromatic heterocycles. The molecule has 0 bridgehead atoms. The van der Waals surface area contributed by atoms with Gasteiger partial charge in [-0.25, -0.2) is 14.2 Å². The van der Waals surface area contributed by atoms with Crippen molar-refractivity contribution >= 4 is 23.3 Å². The molecule has 1 fully saturated rings. The van der Waals surface area contributed by atoms with Crippen molar-refractivity contribution in [3.63, 3.8) is 0 Å². The number of piperidine rings is 1. The fraction of sp³-hybridized carbons (Fsp3) is 0.500. The van der Waals surface area contributed by atoms with Gasteiger partial charge in [0.05, 0.1) is 11.2 Å². The average molecular weight is 434 g/mol. The van der Waals surface area contributed by atoms with E-state index >= 15 is 0 Å². The SMILES string of the molecule is CN(C(=O)c1cnc(Cc2ccc(F)cc2)s1)C1CCN(C(=O)OC(C)(C)C)CC1. The van der Waals surface area contributed by atoms with Gasteiger partial charge >= 0.3 is 6.09 Å². The minimum absolute atomic E-state index is 0.0615. The van der Waals surface area contributed by atoms with Gasteiger partial charge in [-0.3, -0.25) is 4.79 Å². The zero-order chi connectivity index (χ0) is 21.9. The van der Waals surface area contributed by atoms with E-state index in [-0.39, 0.29) is 23.9 Å². The number of thiazole rings is 1. The van der Waals surface area contributed by atoms with Crippen molar-refractivity contribution in [1.29, 1.82) is 0 Å². The van der Waals surface area contributed by atoms with Crippen LogP contribution in [-0.2, 0) is 11.2 Å². The van der Waals surface area contributed by atoms with E-state index in [2.05, 4.69) is 4.98 Å². The van der Waals surface area contributed by atoms with Crippen molar-refractivity contribution in [3.8, 4) is 0 Å². The van der Waals surface area contributed by atoms with Crippen LogP contribution in [0.2, 0.25) is 0 Å². The predicted octanol–water partition coefficient (Wildman–Crippen LogP) is 4.34. The quantitative estimate of drug-likeness (QED) is 0.719. The van der Waals surface area contributed by atoms with Crippen LogP contribution < -0.4 is 0 Å². The van der Waals surface area contributed by atoms with E-state index in [0.29, 0.717) is 37.2 Å². The Morgan fingerprint density at radius 1 is 1.23 bits per heavy atom. The molecule has 30 heavy (non-hydrogen) atoms. The Labute approximate surface area is 180 Å². The molecule has 0 aliphatic carbocycles. The van der Waals surface area contributed by atoms with Gasteiger partial charge in [0.15, 0.2) is 0 Å². The molecule has 8 heteroatoms. The van der Waals surface area contributed by atoms with E-state index in [0.717, 1.165) is 10.6 Å². The average Bonchev–Trinajstić information content (AvgIpc) is 3.16. The fourth-order valence-electron chi connectivity index (χ4n) is 3.37. The lowest BCUT2D eigenvalue weighted by molar-refractivity contribution is 0.0160. The number of carbonyl (C=O) groups is 2. The molecule has 2 amide bonds. The zero-order valence-corrected chi connectivity index (χ0v) is 18.7. The van der Waals surface area contributed by atoms with Crippen LogP contribution in [0, 0.1) is 5.82 Å². The van der Waals surface area contributed by atoms with Crippen molar-refractivity contribution in [2.45, 2.75) is 51.7 Å². The summed E-state index contributed by atoms with van der Waals surface area (Å²) in [6.45, 7) is 6.68. The molecule has 0 N–H and O–H groups in total. The minimum atomic E-state index is -0.515. The summed E-state index contributed by atoms with van der Waals surface area (Å²) in [4.78, 5) is 33.5. The summed E-state index contributed by atoms with van der Waals surface area (Å²) in [6.07, 6.45) is 3.29. The Hall–Kier alpha value is -2.48. The number of ether oxygens (including phenoxy) is 1. The summed E-state index contributed by atoms with van der Waals surface area (Å²) in [5.74, 6) is -0.332. The van der Waals surface area contributed by atoms with Crippen LogP contribution in [0.1, 0.15) is 53.9 Å². The van der Waals surface area contributed by atoms with Gasteiger partial charge in [-0.05, 0) is 51.3 Å². The summed E-state index contributed by atoms with van der Waals surface area (Å²) in [5.41, 5.74) is 0.436. The third kappa shape index (κ3) is 5.78. The number of hydrogen-bond acceptors (Lipinski definition) is 5. The van der Waals surface area contributed by atoms with Crippen LogP contribution in [0.5, 0.6) is 0 Å². The lowest BCUT2D eigenvalue weighted by atomic mass is 10.0. The number of nitrogens with zero attached hydrogens (tertiary/aromatic N) is 3. The molecule has 2 aromatic rings. The first-order valence-electron chi connectivity index (χ1n) is 10.1. The third-order valence-corrected chi connectivity index (χ3v) is 6.00. The summed E-state index contributed by atoms with van der Waals surface area (Å²) >= 11 is 1.36. The Morgan fingerprint density at radius 2 is 1.87 bits per heavy atom. The van der Waals surface area contributed by atoms with Gasteiger partial charge in [0.25, 0.3) is 5.91 Å². The molecule has 0 saturated carbocycles. The van der Waals surface area contributed by atoms with E-state index in [9.17, 15) is 14.0 Å². The summed E-state index contributed by atoms with van der Waals surface area (Å²) < 4.78 is 18.5. The first-order valence-corrected chi connectivity index (χ1v) is 10.9. The number of likely N-dealkylation sites (tertiary alicyclic amines) is 1. The second-order valence-electron chi connectivity index (χ2n) is 8.54. The second-order valence-corrected chi connectivity index (χ2v) is 9.65. The predicted molar refractivity (Wildman–Crippen MR) is 114 cm³/mol. The first-order chi connectivity index (χ1) is 14.1. The van der Waals surface area contributed by atoms with E-state index in [1.54, 1.807) is 35.2 Å². The van der Waals surface area contributed by atoms with Crippen LogP contribution >= 0.6 is 11.3 Å². The van der Waals surface area contributed by atoms with E-state index < -0.39 is 5.60 Å². The zero-order valence-electron chi connectivity index (χ0n) is 17.9. The van der Waals surface area contributed by atoms with Crippen LogP contribution in [-0.4, -0.2) is 58.6 Å². The Kier molecular flexibility index (Phi) is 6.75. The highest BCUT2D eigenvalue weighted by Crippen LogP contribution is 2.23. The number of carbonyl (C=O) groups excluding carboxylic acids is 2. The number of benzene rings is 1. The van der Waals surface area contributed by atoms with Crippen LogP contribution in [0.4, 0.5) is 9.18 Å². The first kappa shape index (κ1) is 22.2. The van der Waals surface area contributed by atoms with Crippen molar-refractivity contribution in [2.24, 2.45) is 0 Å². The van der Waals surface area contributed by atoms with Crippen LogP contribution in [0.15, 0.2) is 30.5 Å². The number of amides is 2. The summed E-state index contributed by atoms with van der Waals surface area (Å²) in [6, 6.07) is 6.36. The van der Waals surface area contributed by atoms with Crippen LogP contribution in [0.3, 0.4) is 0 Å². The fourth-order valence-corrected chi connectivity index (χ4v) is 4.30. The van der Waals surface area contributed by atoms with Gasteiger partial charge in [0, 0.05) is 32.6 Å². The summed E-state index contributed by atoms with van der Waals surface area (Å²) in [5, 5.41) is 0.818. The molecule has 0 unspecified atom stereocenters. The lowest BCUT2D eigenvalue weighted by Gasteiger charge is -2.37. The van der Waals surface area contributed by atoms with E-state index in [1.807, 2.05) is 20.8 Å². The highest BCUT2D eigenvalue weighted by molar-refractivity contribution is 7.13. The monoisotopic (exact) mass is 433 g/mol. The molecule has 0 atom stereocenters. The number of halogens is 1. The van der Waals surface area contributed by atoms with Crippen molar-refractivity contribution < 1.29 is 18.7 Å². The Morgan fingerprint density at radius 3 is 2.47 bits per heavy atom. The molecule has 1 aliphatic rings. The minimum Gasteiger partial charge on any atom is -0.444 e. The molecule has 0 spiro atoms. The molecule has 1 saturated heterocycles. The Bertz CT molecular complexity index is 884. The van der Waals surface area contributed by atoms with Crippen molar-refractivity contribution in [2.75, 3.05) is 20.1 Å². The highest BCUT2D eigenvalue weighted by Gasteiger charge is 2.30. The normalized spacial score (nSPS) is 15.2. The maximum absolute atomic E-state index is 13.1. The molecule has 6 nitrogen and oxygen atoms in total. The third-order valence-electron chi connectivity index (χ3n) is 5.02. The van der Waals surface area contributed by atoms with Crippen molar-refractivity contribution in [3.05, 3.63) is 51.7 Å². The molecule has 0 radical (unpaired) electrons. The molecule has 2 heterocycles. The van der Waals surface area contributed by atoms with Gasteiger partial charge < -0.3 is 14.5 Å². The lowest BCUT2D eigenvalue weighted by Crippen LogP contribution is -2.48. The van der Waals surface area contributed by atoms with E-state index in [1.165, 1.54) is 23.5 Å². The number of aromatic nitrogens is 1. The van der Waals surface area contributed by atoms with Crippen molar-refractivity contribution in [1.82, 2.24) is 14.8 Å². The van der Waals surface area contributed by atoms with Crippen LogP contribution in [0.25, 0.3) is 0 Å². The van der Waals surface area contributed by atoms with Gasteiger partial charge in [-0.1, -0.05) is 12.1 Å². The van der Waals surface area contributed by atoms with Gasteiger partial charge in [0.1, 0.15) is 16.3 Å². The van der Waals surface area contributed by atoms with Gasteiger partial charge in [-0.15, -0.1) is 11.3 Å². The second kappa shape index (κ2) is 9.12. The summed E-state index contributed by atoms with van der Waals surface area (Å²) in [7, 11) is 1.80. The topological polar surface area (TPSA) is 62.7 Å². The maximum Gasteiger partial charge on any atom is 0.410 e. The van der Waals surface area contributed by atoms with Gasteiger partial charge in [0.2, 0.25) is 0 Å². The van der Waals surface area contributed by atoms with Gasteiger partial charge in [-0.2, -0.15) is 0 Å². The molecule has 1 aromatic carbocycles. The Balaban J connectivity index is 1.54. The largest absolute Gasteiger partial charge is 0.444 e. The molecular weight excluding hydrogens is 405 g/mol. The molecule has 162 valence electrons.